The molecule has 0 saturated carbocycles. The number of rotatable bonds is 20. The minimum atomic E-state index is -1.61. The molecule has 8 bridgehead atoms. The largest absolute Gasteiger partial charge is 0.550 e. The molecule has 20 heteroatoms. The van der Waals surface area contributed by atoms with Gasteiger partial charge in [0.15, 0.2) is 0 Å². The Morgan fingerprint density at radius 2 is 1.03 bits per heavy atom. The van der Waals surface area contributed by atoms with Crippen LogP contribution in [0.4, 0.5) is 0 Å². The highest BCUT2D eigenvalue weighted by Crippen LogP contribution is 2.51. The third-order valence-electron chi connectivity index (χ3n) is 12.1. The minimum Gasteiger partial charge on any atom is -0.550 e. The Labute approximate surface area is 352 Å². The number of nitrogens with zero attached hydrogens (tertiary/aromatic N) is 1. The van der Waals surface area contributed by atoms with Crippen LogP contribution in [0.2, 0.25) is 0 Å². The van der Waals surface area contributed by atoms with E-state index in [-0.39, 0.29) is 99.9 Å². The highest BCUT2D eigenvalue weighted by Gasteiger charge is 2.52. The van der Waals surface area contributed by atoms with Crippen molar-refractivity contribution in [3.63, 3.8) is 0 Å². The summed E-state index contributed by atoms with van der Waals surface area (Å²) in [7, 11) is 0. The highest BCUT2D eigenvalue weighted by atomic mass is 16.4. The van der Waals surface area contributed by atoms with Crippen molar-refractivity contribution >= 4 is 65.6 Å². The highest BCUT2D eigenvalue weighted by molar-refractivity contribution is 6.02. The Kier molecular flexibility index (Phi) is 13.7. The minimum absolute atomic E-state index is 0.00251. The maximum Gasteiger partial charge on any atom is 0.119 e. The van der Waals surface area contributed by atoms with E-state index in [0.717, 1.165) is 0 Å². The van der Waals surface area contributed by atoms with Crippen LogP contribution in [-0.2, 0) is 70.5 Å². The van der Waals surface area contributed by atoms with E-state index in [0.29, 0.717) is 0 Å². The van der Waals surface area contributed by atoms with E-state index in [4.69, 9.17) is 4.99 Å². The third-order valence-corrected chi connectivity index (χ3v) is 12.1. The van der Waals surface area contributed by atoms with E-state index < -0.39 is 122 Å². The molecule has 0 aliphatic carbocycles. The molecule has 2 aromatic rings. The number of aromatic nitrogens is 2. The SMILES string of the molecule is C[C@@]1(CC(=O)[O-])/C2=C/c3[nH]c(c(CCC(=O)[O-])c3CC(=O)[O-])Cc3[nH]c(c(CC(=O)[O-])c3CCC(=O)[O-])/C=C3\[NH2+]/C(=C\C(=N2)[C@H]1CCC(=O)[O-])[C@@](C)(CC(=O)[O-])[C@@H]3CCC(=O)[O-]. The average Bonchev–Trinajstić information content (AvgIpc) is 3.77. The van der Waals surface area contributed by atoms with Crippen LogP contribution in [0.15, 0.2) is 28.2 Å². The molecule has 5 heterocycles. The summed E-state index contributed by atoms with van der Waals surface area (Å²) in [5.74, 6) is -14.3. The number of carboxylic acid groups (broad SMARTS) is 8. The van der Waals surface area contributed by atoms with Crippen LogP contribution in [0.3, 0.4) is 0 Å². The Morgan fingerprint density at radius 1 is 0.581 bits per heavy atom. The van der Waals surface area contributed by atoms with Crippen LogP contribution in [0.1, 0.15) is 110 Å². The van der Waals surface area contributed by atoms with Gasteiger partial charge >= 0.3 is 0 Å². The van der Waals surface area contributed by atoms with E-state index >= 15 is 0 Å². The number of nitrogens with one attached hydrogen (secondary N) is 2. The van der Waals surface area contributed by atoms with Crippen molar-refractivity contribution in [2.45, 2.75) is 97.3 Å². The van der Waals surface area contributed by atoms with E-state index in [9.17, 15) is 79.2 Å². The maximum absolute atomic E-state index is 12.5. The first kappa shape index (κ1) is 46.2. The zero-order valence-corrected chi connectivity index (χ0v) is 33.6. The fourth-order valence-corrected chi connectivity index (χ4v) is 9.31. The van der Waals surface area contributed by atoms with Crippen molar-refractivity contribution in [3.8, 4) is 0 Å². The number of H-pyrrole nitrogens is 2. The van der Waals surface area contributed by atoms with Crippen LogP contribution in [0.5, 0.6) is 0 Å². The molecule has 3 aliphatic heterocycles. The van der Waals surface area contributed by atoms with Gasteiger partial charge in [0.05, 0.1) is 11.1 Å². The second-order valence-electron chi connectivity index (χ2n) is 16.3. The molecule has 3 aliphatic rings. The molecule has 62 heavy (non-hydrogen) atoms. The number of carbonyl (C=O) groups excluding carboxylic acids is 8. The van der Waals surface area contributed by atoms with E-state index in [1.165, 1.54) is 37.4 Å². The molecule has 1 fully saturated rings. The second kappa shape index (κ2) is 18.4. The van der Waals surface area contributed by atoms with Gasteiger partial charge in [-0.25, -0.2) is 0 Å². The van der Waals surface area contributed by atoms with Crippen LogP contribution < -0.4 is 46.2 Å². The lowest BCUT2D eigenvalue weighted by molar-refractivity contribution is -0.548. The van der Waals surface area contributed by atoms with Crippen molar-refractivity contribution in [1.29, 1.82) is 0 Å². The molecule has 0 amide bonds. The molecule has 0 aromatic carbocycles. The lowest BCUT2D eigenvalue weighted by atomic mass is 9.68. The Balaban J connectivity index is 1.97. The fourth-order valence-electron chi connectivity index (χ4n) is 9.31. The van der Waals surface area contributed by atoms with Crippen molar-refractivity contribution in [2.24, 2.45) is 27.7 Å². The summed E-state index contributed by atoms with van der Waals surface area (Å²) in [6.45, 7) is 2.98. The number of quaternary nitrogens is 1. The van der Waals surface area contributed by atoms with Gasteiger partial charge in [0.25, 0.3) is 0 Å². The first-order valence-corrected chi connectivity index (χ1v) is 19.7. The Hall–Kier alpha value is -6.83. The summed E-state index contributed by atoms with van der Waals surface area (Å²) in [6.07, 6.45) is -2.70. The predicted octanol–water partition coefficient (Wildman–Crippen LogP) is -7.92. The molecular formula is C42H41N4O16-7. The fraction of sp³-hybridized carbons (Fsp3) is 0.452. The van der Waals surface area contributed by atoms with Gasteiger partial charge in [0.1, 0.15) is 11.4 Å². The van der Waals surface area contributed by atoms with Gasteiger partial charge in [-0.2, -0.15) is 0 Å². The summed E-state index contributed by atoms with van der Waals surface area (Å²) in [5.41, 5.74) is -1.89. The van der Waals surface area contributed by atoms with Crippen LogP contribution in [0.25, 0.3) is 12.2 Å². The molecule has 4 N–H and O–H groups in total. The number of hydrogen-bond acceptors (Lipinski definition) is 17. The topological polar surface area (TPSA) is 382 Å². The Morgan fingerprint density at radius 3 is 1.48 bits per heavy atom. The standard InChI is InChI=1S/C42H48N4O16/c1-41(17-39(59)60)23(5-9-35(51)52)29-14-27-21(11-37(55)56)19(3-7-33(47)48)25(43-27)13-26-20(4-8-34(49)50)22(12-38(57)58)28(44-26)15-31-42(2,18-40(61)62)24(6-10-36(53)54)30(46-31)16-32(41)45-29/h14-16,23-24,43-45H,3-13,17-18H2,1-2H3,(H,47,48)(H,49,50)(H,51,52)(H,53,54)(H,55,56)(H,57,58)(H,59,60)(H,61,62)/p-7/b29-14-,31-15-,32-16-/t23-,24-,41+,42+/m1/s1. The van der Waals surface area contributed by atoms with Crippen LogP contribution >= 0.6 is 0 Å². The summed E-state index contributed by atoms with van der Waals surface area (Å²) in [5, 5.41) is 98.2. The molecule has 1 saturated heterocycles. The number of aromatic amines is 2. The number of allylic oxidation sites excluding steroid dienone is 4. The lowest BCUT2D eigenvalue weighted by Gasteiger charge is -2.34. The summed E-state index contributed by atoms with van der Waals surface area (Å²) >= 11 is 0. The number of aliphatic imine (C=N–C) groups is 1. The predicted molar refractivity (Wildman–Crippen MR) is 193 cm³/mol. The zero-order chi connectivity index (χ0) is 45.8. The molecule has 0 spiro atoms. The number of carboxylic acids is 8. The normalized spacial score (nSPS) is 24.2. The zero-order valence-electron chi connectivity index (χ0n) is 33.6. The first-order chi connectivity index (χ1) is 29.0. The van der Waals surface area contributed by atoms with Crippen molar-refractivity contribution in [2.75, 3.05) is 0 Å². The van der Waals surface area contributed by atoms with Gasteiger partial charge < -0.3 is 89.2 Å². The van der Waals surface area contributed by atoms with E-state index in [2.05, 4.69) is 9.97 Å². The van der Waals surface area contributed by atoms with Crippen molar-refractivity contribution in [1.82, 2.24) is 9.97 Å². The molecular weight excluding hydrogens is 816 g/mol. The van der Waals surface area contributed by atoms with E-state index in [1.807, 2.05) is 0 Å². The molecule has 0 unspecified atom stereocenters. The maximum atomic E-state index is 12.5. The molecule has 2 aromatic heterocycles. The molecule has 332 valence electrons. The third kappa shape index (κ3) is 10.2. The number of carbonyl (C=O) groups is 8. The molecule has 4 atom stereocenters. The molecule has 20 nitrogen and oxygen atoms in total. The van der Waals surface area contributed by atoms with Gasteiger partial charge in [-0.1, -0.05) is 6.92 Å². The van der Waals surface area contributed by atoms with Crippen molar-refractivity contribution in [3.05, 3.63) is 68.2 Å². The Bertz CT molecular complexity index is 2360. The summed E-state index contributed by atoms with van der Waals surface area (Å²) in [4.78, 5) is 108. The number of fused-ring (bicyclic) bond motifs is 7. The average molecular weight is 858 g/mol. The van der Waals surface area contributed by atoms with Gasteiger partial charge in [0, 0.05) is 131 Å². The van der Waals surface area contributed by atoms with Crippen LogP contribution in [-0.4, -0.2) is 63.4 Å². The van der Waals surface area contributed by atoms with Gasteiger partial charge in [-0.15, -0.1) is 0 Å². The second-order valence-corrected chi connectivity index (χ2v) is 16.3. The number of aliphatic carboxylic acids is 8. The summed E-state index contributed by atoms with van der Waals surface area (Å²) < 4.78 is 0. The van der Waals surface area contributed by atoms with Crippen molar-refractivity contribution < 1.29 is 84.5 Å². The monoisotopic (exact) mass is 857 g/mol. The smallest absolute Gasteiger partial charge is 0.119 e. The van der Waals surface area contributed by atoms with Crippen LogP contribution in [0, 0.1) is 22.7 Å². The van der Waals surface area contributed by atoms with Gasteiger partial charge in [0.2, 0.25) is 0 Å². The van der Waals surface area contributed by atoms with E-state index in [1.54, 1.807) is 0 Å². The lowest BCUT2D eigenvalue weighted by Crippen LogP contribution is -2.78. The first-order valence-electron chi connectivity index (χ1n) is 19.7. The molecule has 5 rings (SSSR count). The molecule has 0 radical (unpaired) electrons. The number of hydrogen-bond donors (Lipinski definition) is 3. The summed E-state index contributed by atoms with van der Waals surface area (Å²) in [6, 6.07) is 0. The number of nitrogens with two attached hydrogens (primary N) is 1. The quantitative estimate of drug-likeness (QED) is 0.111. The van der Waals surface area contributed by atoms with Gasteiger partial charge in [-0.05, 0) is 93.0 Å². The van der Waals surface area contributed by atoms with Gasteiger partial charge in [-0.3, -0.25) is 10.3 Å².